The number of aliphatic hydroxyl groups is 1. The van der Waals surface area contributed by atoms with Gasteiger partial charge in [-0.15, -0.1) is 0 Å². The standard InChI is InChI=1S/C79H135N2O6P/c1-6-8-10-12-14-16-18-20-22-24-26-28-30-32-33-34-35-36-37-38-39-40-41-42-43-44-45-46-47-49-51-53-55-57-59-61-63-65-67-69-71-73-79(83)80-77(76-87-88(84,85)86-75-74-81(3,4)5)78(82)72-70-68-66-64-62-60-58-56-54-52-50-48-31-29-27-25-23-21-19-17-15-13-11-9-7-2/h8,10,14,16,20,22,26,28,32-33,35-36,38-39,41-42,44-45,47,49,53,55,62,64,70,72,77-78,82H,6-7,9,11-13,15,17-19,21,23-25,27,29-31,34,37,40,43,46,48,50-52,54,56-61,63,65-69,71,73-76H2,1-5H3,(H-,80,83,84,85)/p+1/b10-8-,16-14-,22-20-,28-26-,33-32-,36-35-,39-38-,42-41-,45-44-,49-47-,55-53-,64-62+,72-70+. The molecule has 0 aliphatic rings. The Labute approximate surface area is 543 Å². The van der Waals surface area contributed by atoms with E-state index in [1.807, 2.05) is 27.2 Å². The van der Waals surface area contributed by atoms with Crippen molar-refractivity contribution < 1.29 is 32.9 Å². The van der Waals surface area contributed by atoms with Gasteiger partial charge in [0.15, 0.2) is 0 Å². The summed E-state index contributed by atoms with van der Waals surface area (Å²) in [7, 11) is 1.53. The van der Waals surface area contributed by atoms with E-state index >= 15 is 0 Å². The second-order valence-electron chi connectivity index (χ2n) is 24.9. The van der Waals surface area contributed by atoms with Crippen LogP contribution in [0.4, 0.5) is 0 Å². The summed E-state index contributed by atoms with van der Waals surface area (Å²) in [6.45, 7) is 4.68. The highest BCUT2D eigenvalue weighted by Crippen LogP contribution is 2.43. The monoisotopic (exact) mass is 1240 g/mol. The van der Waals surface area contributed by atoms with Crippen LogP contribution in [0.15, 0.2) is 158 Å². The van der Waals surface area contributed by atoms with Gasteiger partial charge in [0.05, 0.1) is 39.9 Å². The van der Waals surface area contributed by atoms with E-state index in [1.165, 1.54) is 141 Å². The van der Waals surface area contributed by atoms with Crippen molar-refractivity contribution in [2.24, 2.45) is 0 Å². The molecule has 0 aromatic carbocycles. The third-order valence-electron chi connectivity index (χ3n) is 15.2. The zero-order valence-electron chi connectivity index (χ0n) is 57.4. The first-order chi connectivity index (χ1) is 43.0. The van der Waals surface area contributed by atoms with Crippen LogP contribution >= 0.6 is 7.82 Å². The number of phosphoric ester groups is 1. The third-order valence-corrected chi connectivity index (χ3v) is 16.2. The third kappa shape index (κ3) is 69.6. The van der Waals surface area contributed by atoms with Crippen molar-refractivity contribution in [3.63, 3.8) is 0 Å². The fraction of sp³-hybridized carbons (Fsp3) is 0.658. The lowest BCUT2D eigenvalue weighted by atomic mass is 10.0. The van der Waals surface area contributed by atoms with Crippen LogP contribution in [-0.4, -0.2) is 73.4 Å². The number of rotatable bonds is 64. The number of allylic oxidation sites excluding steroid dienone is 25. The summed E-state index contributed by atoms with van der Waals surface area (Å²) in [6.07, 6.45) is 105. The predicted octanol–water partition coefficient (Wildman–Crippen LogP) is 23.3. The Kier molecular flexibility index (Phi) is 64.5. The van der Waals surface area contributed by atoms with Crippen LogP contribution in [0.1, 0.15) is 284 Å². The average Bonchev–Trinajstić information content (AvgIpc) is 3.71. The largest absolute Gasteiger partial charge is 0.472 e. The summed E-state index contributed by atoms with van der Waals surface area (Å²) < 4.78 is 23.8. The molecule has 0 fully saturated rings. The Morgan fingerprint density at radius 2 is 0.693 bits per heavy atom. The Hall–Kier alpha value is -3.88. The maximum atomic E-state index is 13.1. The van der Waals surface area contributed by atoms with Gasteiger partial charge in [0, 0.05) is 6.42 Å². The van der Waals surface area contributed by atoms with E-state index in [9.17, 15) is 19.4 Å². The molecule has 0 bridgehead atoms. The molecule has 0 aromatic rings. The van der Waals surface area contributed by atoms with Crippen molar-refractivity contribution in [1.82, 2.24) is 5.32 Å². The van der Waals surface area contributed by atoms with Crippen LogP contribution in [0.5, 0.6) is 0 Å². The Morgan fingerprint density at radius 3 is 1.05 bits per heavy atom. The molecule has 3 atom stereocenters. The van der Waals surface area contributed by atoms with Crippen molar-refractivity contribution in [2.45, 2.75) is 296 Å². The highest BCUT2D eigenvalue weighted by Gasteiger charge is 2.28. The molecular formula is C79H136N2O6P+. The van der Waals surface area contributed by atoms with Crippen molar-refractivity contribution >= 4 is 13.7 Å². The number of carbonyl (C=O) groups is 1. The molecule has 502 valence electrons. The van der Waals surface area contributed by atoms with E-state index in [1.54, 1.807) is 6.08 Å². The molecule has 9 heteroatoms. The minimum absolute atomic E-state index is 0.0463. The lowest BCUT2D eigenvalue weighted by Gasteiger charge is -2.25. The van der Waals surface area contributed by atoms with Crippen LogP contribution in [-0.2, 0) is 18.4 Å². The first-order valence-corrected chi connectivity index (χ1v) is 37.4. The zero-order valence-corrected chi connectivity index (χ0v) is 58.3. The summed E-state index contributed by atoms with van der Waals surface area (Å²) in [5, 5.41) is 14.0. The molecule has 0 heterocycles. The van der Waals surface area contributed by atoms with Gasteiger partial charge < -0.3 is 19.8 Å². The first-order valence-electron chi connectivity index (χ1n) is 35.9. The van der Waals surface area contributed by atoms with Crippen LogP contribution in [0.25, 0.3) is 0 Å². The van der Waals surface area contributed by atoms with Crippen LogP contribution in [0.2, 0.25) is 0 Å². The van der Waals surface area contributed by atoms with E-state index in [0.29, 0.717) is 17.4 Å². The minimum atomic E-state index is -4.38. The zero-order chi connectivity index (χ0) is 64.1. The maximum absolute atomic E-state index is 13.1. The number of hydrogen-bond donors (Lipinski definition) is 3. The van der Waals surface area contributed by atoms with Gasteiger partial charge in [-0.1, -0.05) is 320 Å². The van der Waals surface area contributed by atoms with Crippen LogP contribution in [0.3, 0.4) is 0 Å². The van der Waals surface area contributed by atoms with Gasteiger partial charge in [-0.3, -0.25) is 13.8 Å². The number of unbranched alkanes of at least 4 members (excludes halogenated alkanes) is 27. The van der Waals surface area contributed by atoms with Gasteiger partial charge in [0.25, 0.3) is 0 Å². The number of hydrogen-bond acceptors (Lipinski definition) is 5. The summed E-state index contributed by atoms with van der Waals surface area (Å²) >= 11 is 0. The van der Waals surface area contributed by atoms with Gasteiger partial charge >= 0.3 is 7.82 Å². The number of quaternary nitrogens is 1. The van der Waals surface area contributed by atoms with Crippen molar-refractivity contribution in [2.75, 3.05) is 40.9 Å². The average molecular weight is 1240 g/mol. The van der Waals surface area contributed by atoms with Crippen LogP contribution in [0, 0.1) is 0 Å². The number of aliphatic hydroxyl groups excluding tert-OH is 1. The molecule has 3 unspecified atom stereocenters. The molecular weight excluding hydrogens is 1100 g/mol. The van der Waals surface area contributed by atoms with Gasteiger partial charge in [-0.25, -0.2) is 4.57 Å². The maximum Gasteiger partial charge on any atom is 0.472 e. The van der Waals surface area contributed by atoms with E-state index in [4.69, 9.17) is 9.05 Å². The first kappa shape index (κ1) is 84.1. The lowest BCUT2D eigenvalue weighted by molar-refractivity contribution is -0.870. The molecule has 0 aliphatic heterocycles. The Bertz CT molecular complexity index is 1990. The lowest BCUT2D eigenvalue weighted by Crippen LogP contribution is -2.45. The topological polar surface area (TPSA) is 105 Å². The molecule has 0 saturated heterocycles. The smallest absolute Gasteiger partial charge is 0.387 e. The molecule has 3 N–H and O–H groups in total. The second kappa shape index (κ2) is 67.5. The fourth-order valence-corrected chi connectivity index (χ4v) is 10.4. The molecule has 1 amide bonds. The molecule has 8 nitrogen and oxygen atoms in total. The number of nitrogens with one attached hydrogen (secondary N) is 1. The molecule has 0 rings (SSSR count). The molecule has 0 radical (unpaired) electrons. The van der Waals surface area contributed by atoms with E-state index in [2.05, 4.69) is 165 Å². The highest BCUT2D eigenvalue weighted by molar-refractivity contribution is 7.47. The summed E-state index contributed by atoms with van der Waals surface area (Å²) in [4.78, 5) is 23.4. The number of likely N-dealkylation sites (N-methyl/N-ethyl adjacent to an activating group) is 1. The quantitative estimate of drug-likeness (QED) is 0.0243. The number of carbonyl (C=O) groups excluding carboxylic acids is 1. The predicted molar refractivity (Wildman–Crippen MR) is 387 cm³/mol. The highest BCUT2D eigenvalue weighted by atomic mass is 31.2. The van der Waals surface area contributed by atoms with E-state index < -0.39 is 20.0 Å². The molecule has 0 aromatic heterocycles. The molecule has 88 heavy (non-hydrogen) atoms. The number of nitrogens with zero attached hydrogens (tertiary/aromatic N) is 1. The summed E-state index contributed by atoms with van der Waals surface area (Å²) in [5.41, 5.74) is 0. The van der Waals surface area contributed by atoms with Crippen molar-refractivity contribution in [3.05, 3.63) is 158 Å². The van der Waals surface area contributed by atoms with Crippen molar-refractivity contribution in [1.29, 1.82) is 0 Å². The van der Waals surface area contributed by atoms with Gasteiger partial charge in [-0.2, -0.15) is 0 Å². The number of amides is 1. The van der Waals surface area contributed by atoms with Crippen molar-refractivity contribution in [3.8, 4) is 0 Å². The van der Waals surface area contributed by atoms with Crippen LogP contribution < -0.4 is 5.32 Å². The summed E-state index contributed by atoms with van der Waals surface area (Å²) in [6, 6.07) is -0.883. The Balaban J connectivity index is 4.19. The van der Waals surface area contributed by atoms with Gasteiger partial charge in [-0.05, 0) is 116 Å². The molecule has 0 saturated carbocycles. The molecule has 0 spiro atoms. The van der Waals surface area contributed by atoms with E-state index in [0.717, 1.165) is 122 Å². The van der Waals surface area contributed by atoms with Gasteiger partial charge in [0.2, 0.25) is 5.91 Å². The second-order valence-corrected chi connectivity index (χ2v) is 26.3. The fourth-order valence-electron chi connectivity index (χ4n) is 9.71. The minimum Gasteiger partial charge on any atom is -0.387 e. The van der Waals surface area contributed by atoms with Gasteiger partial charge in [0.1, 0.15) is 13.2 Å². The Morgan fingerprint density at radius 1 is 0.398 bits per heavy atom. The summed E-state index contributed by atoms with van der Waals surface area (Å²) in [5.74, 6) is -0.202. The normalized spacial score (nSPS) is 14.6. The SMILES string of the molecule is CC/C=C\C/C=C\C/C=C\C/C=C\C/C=C\C/C=C\C/C=C\C/C=C\C/C=C\C/C=C\C/C=C\CCCCCCCCCC(=O)NC(COP(=O)(O)OCC[N+](C)(C)C)C(O)/C=C/CC/C=C/CCCCCCCCCCCCCCCCCCCCC. The molecule has 0 aliphatic carbocycles. The number of phosphoric acid groups is 1. The van der Waals surface area contributed by atoms with E-state index in [-0.39, 0.29) is 19.1 Å².